The van der Waals surface area contributed by atoms with Gasteiger partial charge < -0.3 is 9.15 Å². The molecule has 28 heavy (non-hydrogen) atoms. The molecule has 1 aromatic heterocycles. The zero-order valence-corrected chi connectivity index (χ0v) is 14.3. The summed E-state index contributed by atoms with van der Waals surface area (Å²) in [6.45, 7) is 0. The van der Waals surface area contributed by atoms with Crippen LogP contribution >= 0.6 is 0 Å². The van der Waals surface area contributed by atoms with Crippen LogP contribution in [0, 0.1) is 10.1 Å². The van der Waals surface area contributed by atoms with Crippen molar-refractivity contribution < 1.29 is 23.7 Å². The molecule has 0 spiro atoms. The molecule has 1 heterocycles. The minimum absolute atomic E-state index is 0.113. The molecule has 2 aromatic carbocycles. The van der Waals surface area contributed by atoms with E-state index >= 15 is 0 Å². The predicted molar refractivity (Wildman–Crippen MR) is 98.3 cm³/mol. The Labute approximate surface area is 158 Å². The number of rotatable bonds is 6. The van der Waals surface area contributed by atoms with Crippen LogP contribution in [-0.2, 0) is 0 Å². The number of hydrogen-bond acceptors (Lipinski definition) is 7. The number of furan rings is 1. The molecule has 0 saturated carbocycles. The Morgan fingerprint density at radius 1 is 1.07 bits per heavy atom. The first-order chi connectivity index (χ1) is 13.6. The third-order valence-corrected chi connectivity index (χ3v) is 3.54. The van der Waals surface area contributed by atoms with Gasteiger partial charge in [-0.1, -0.05) is 24.3 Å². The minimum atomic E-state index is -0.901. The van der Waals surface area contributed by atoms with E-state index in [1.54, 1.807) is 30.3 Å². The number of nitrogens with zero attached hydrogens (tertiary/aromatic N) is 2. The second-order valence-corrected chi connectivity index (χ2v) is 5.38. The maximum absolute atomic E-state index is 12.1. The molecule has 0 unspecified atom stereocenters. The summed E-state index contributed by atoms with van der Waals surface area (Å²) in [5.74, 6) is -1.79. The number of nitro groups is 1. The zero-order valence-electron chi connectivity index (χ0n) is 14.3. The van der Waals surface area contributed by atoms with Gasteiger partial charge in [0.2, 0.25) is 11.5 Å². The van der Waals surface area contributed by atoms with Crippen molar-refractivity contribution in [3.05, 3.63) is 93.9 Å². The van der Waals surface area contributed by atoms with Gasteiger partial charge >= 0.3 is 11.7 Å². The fourth-order valence-corrected chi connectivity index (χ4v) is 2.25. The minimum Gasteiger partial charge on any atom is -0.457 e. The van der Waals surface area contributed by atoms with Gasteiger partial charge in [0, 0.05) is 17.2 Å². The molecule has 1 amide bonds. The van der Waals surface area contributed by atoms with E-state index in [2.05, 4.69) is 10.5 Å². The van der Waals surface area contributed by atoms with Crippen LogP contribution in [-0.4, -0.2) is 23.0 Å². The molecule has 9 heteroatoms. The highest BCUT2D eigenvalue weighted by Gasteiger charge is 2.23. The molecule has 9 nitrogen and oxygen atoms in total. The van der Waals surface area contributed by atoms with Gasteiger partial charge in [0.05, 0.1) is 17.4 Å². The van der Waals surface area contributed by atoms with Crippen molar-refractivity contribution >= 4 is 23.8 Å². The van der Waals surface area contributed by atoms with E-state index in [-0.39, 0.29) is 17.1 Å². The zero-order chi connectivity index (χ0) is 19.9. The van der Waals surface area contributed by atoms with Gasteiger partial charge in [0.25, 0.3) is 5.91 Å². The maximum Gasteiger partial charge on any atom is 0.379 e. The van der Waals surface area contributed by atoms with Crippen molar-refractivity contribution in [1.82, 2.24) is 5.43 Å². The van der Waals surface area contributed by atoms with Crippen LogP contribution in [0.25, 0.3) is 0 Å². The average Bonchev–Trinajstić information content (AvgIpc) is 3.24. The monoisotopic (exact) mass is 379 g/mol. The highest BCUT2D eigenvalue weighted by atomic mass is 16.6. The summed E-state index contributed by atoms with van der Waals surface area (Å²) in [6.07, 6.45) is 2.43. The first-order valence-electron chi connectivity index (χ1n) is 7.98. The third kappa shape index (κ3) is 4.28. The van der Waals surface area contributed by atoms with Crippen LogP contribution < -0.4 is 10.2 Å². The Morgan fingerprint density at radius 2 is 1.86 bits per heavy atom. The topological polar surface area (TPSA) is 124 Å². The molecule has 0 aliphatic carbocycles. The summed E-state index contributed by atoms with van der Waals surface area (Å²) in [5.41, 5.74) is 2.39. The number of amides is 1. The number of nitro benzene ring substituents is 1. The highest BCUT2D eigenvalue weighted by Crippen LogP contribution is 2.30. The summed E-state index contributed by atoms with van der Waals surface area (Å²) >= 11 is 0. The van der Waals surface area contributed by atoms with Gasteiger partial charge in [0.1, 0.15) is 0 Å². The van der Waals surface area contributed by atoms with Gasteiger partial charge in [-0.3, -0.25) is 14.9 Å². The van der Waals surface area contributed by atoms with E-state index in [0.29, 0.717) is 5.56 Å². The molecular formula is C19H13N3O6. The Bertz CT molecular complexity index is 1030. The van der Waals surface area contributed by atoms with E-state index in [4.69, 9.17) is 9.15 Å². The third-order valence-electron chi connectivity index (χ3n) is 3.54. The lowest BCUT2D eigenvalue weighted by Crippen LogP contribution is -2.17. The molecule has 3 aromatic rings. The molecule has 0 saturated heterocycles. The Hall–Kier alpha value is -4.27. The van der Waals surface area contributed by atoms with Crippen LogP contribution in [0.2, 0.25) is 0 Å². The van der Waals surface area contributed by atoms with Crippen LogP contribution in [0.4, 0.5) is 5.69 Å². The number of hydrogen-bond donors (Lipinski definition) is 1. The van der Waals surface area contributed by atoms with Gasteiger partial charge in [-0.15, -0.1) is 0 Å². The number of hydrazone groups is 1. The summed E-state index contributed by atoms with van der Waals surface area (Å²) in [7, 11) is 0. The first kappa shape index (κ1) is 18.5. The van der Waals surface area contributed by atoms with Crippen molar-refractivity contribution in [2.75, 3.05) is 0 Å². The highest BCUT2D eigenvalue weighted by molar-refractivity contribution is 5.96. The van der Waals surface area contributed by atoms with Crippen LogP contribution in [0.3, 0.4) is 0 Å². The second kappa shape index (κ2) is 8.41. The summed E-state index contributed by atoms with van der Waals surface area (Å²) in [4.78, 5) is 34.7. The number of benzene rings is 2. The lowest BCUT2D eigenvalue weighted by atomic mass is 10.2. The van der Waals surface area contributed by atoms with Crippen molar-refractivity contribution in [2.45, 2.75) is 0 Å². The molecule has 140 valence electrons. The number of nitrogens with one attached hydrogen (secondary N) is 1. The number of ether oxygens (including phenoxy) is 1. The van der Waals surface area contributed by atoms with E-state index in [0.717, 1.165) is 6.21 Å². The fraction of sp³-hybridized carbons (Fsp3) is 0. The lowest BCUT2D eigenvalue weighted by molar-refractivity contribution is -0.385. The van der Waals surface area contributed by atoms with Crippen molar-refractivity contribution in [1.29, 1.82) is 0 Å². The summed E-state index contributed by atoms with van der Waals surface area (Å²) < 4.78 is 10.1. The maximum atomic E-state index is 12.1. The Morgan fingerprint density at radius 3 is 2.54 bits per heavy atom. The SMILES string of the molecule is O=C(N/N=C/c1cccc([N+](=O)[O-])c1OC(=O)c1ccco1)c1ccccc1. The molecule has 1 N–H and O–H groups in total. The van der Waals surface area contributed by atoms with Crippen molar-refractivity contribution in [3.63, 3.8) is 0 Å². The van der Waals surface area contributed by atoms with E-state index in [1.165, 1.54) is 36.6 Å². The number of carbonyl (C=O) groups is 2. The largest absolute Gasteiger partial charge is 0.457 e. The molecule has 0 atom stereocenters. The second-order valence-electron chi connectivity index (χ2n) is 5.38. The molecular weight excluding hydrogens is 366 g/mol. The molecule has 0 fully saturated rings. The van der Waals surface area contributed by atoms with E-state index in [1.807, 2.05) is 0 Å². The molecule has 0 bridgehead atoms. The number of esters is 1. The average molecular weight is 379 g/mol. The Balaban J connectivity index is 1.83. The molecule has 0 aliphatic rings. The van der Waals surface area contributed by atoms with Crippen molar-refractivity contribution in [3.8, 4) is 5.75 Å². The van der Waals surface area contributed by atoms with Crippen LogP contribution in [0.15, 0.2) is 76.4 Å². The Kier molecular flexibility index (Phi) is 5.56. The van der Waals surface area contributed by atoms with E-state index < -0.39 is 22.5 Å². The quantitative estimate of drug-likeness (QED) is 0.231. The summed E-state index contributed by atoms with van der Waals surface area (Å²) in [6, 6.07) is 15.3. The first-order valence-corrected chi connectivity index (χ1v) is 7.98. The van der Waals surface area contributed by atoms with Gasteiger partial charge in [0.15, 0.2) is 0 Å². The van der Waals surface area contributed by atoms with Crippen LogP contribution in [0.5, 0.6) is 5.75 Å². The molecule has 0 aliphatic heterocycles. The summed E-state index contributed by atoms with van der Waals surface area (Å²) in [5, 5.41) is 15.1. The van der Waals surface area contributed by atoms with Crippen molar-refractivity contribution in [2.24, 2.45) is 5.10 Å². The van der Waals surface area contributed by atoms with E-state index in [9.17, 15) is 19.7 Å². The number of carbonyl (C=O) groups excluding carboxylic acids is 2. The van der Waals surface area contributed by atoms with Gasteiger partial charge in [-0.2, -0.15) is 5.10 Å². The number of para-hydroxylation sites is 1. The predicted octanol–water partition coefficient (Wildman–Crippen LogP) is 3.17. The van der Waals surface area contributed by atoms with Gasteiger partial charge in [-0.05, 0) is 30.3 Å². The molecule has 3 rings (SSSR count). The van der Waals surface area contributed by atoms with Crippen LogP contribution in [0.1, 0.15) is 26.5 Å². The molecule has 0 radical (unpaired) electrons. The normalized spacial score (nSPS) is 10.6. The standard InChI is InChI=1S/C19H13N3O6/c23-18(13-6-2-1-3-7-13)21-20-12-14-8-4-9-15(22(25)26)17(14)28-19(24)16-10-5-11-27-16/h1-12H,(H,21,23)/b20-12+. The fourth-order valence-electron chi connectivity index (χ4n) is 2.25. The smallest absolute Gasteiger partial charge is 0.379 e. The van der Waals surface area contributed by atoms with Gasteiger partial charge in [-0.25, -0.2) is 10.2 Å². The lowest BCUT2D eigenvalue weighted by Gasteiger charge is -2.07.